The predicted octanol–water partition coefficient (Wildman–Crippen LogP) is 3.96. The van der Waals surface area contributed by atoms with Crippen molar-refractivity contribution >= 4 is 60.5 Å². The molecule has 1 aliphatic heterocycles. The number of carbonyl (C=O) groups is 1. The Labute approximate surface area is 157 Å². The highest BCUT2D eigenvalue weighted by Gasteiger charge is 2.40. The maximum absolute atomic E-state index is 12.8. The lowest BCUT2D eigenvalue weighted by atomic mass is 10.2. The van der Waals surface area contributed by atoms with Crippen molar-refractivity contribution in [1.82, 2.24) is 4.31 Å². The van der Waals surface area contributed by atoms with E-state index in [2.05, 4.69) is 21.2 Å². The van der Waals surface area contributed by atoms with Gasteiger partial charge in [-0.05, 0) is 49.2 Å². The quantitative estimate of drug-likeness (QED) is 0.768. The number of sulfonamides is 1. The molecule has 0 saturated carbocycles. The van der Waals surface area contributed by atoms with Crippen LogP contribution in [0, 0.1) is 0 Å². The molecule has 0 spiro atoms. The number of nitrogens with zero attached hydrogens (tertiary/aromatic N) is 1. The first kappa shape index (κ1) is 17.9. The summed E-state index contributed by atoms with van der Waals surface area (Å²) in [6.45, 7) is 0.330. The van der Waals surface area contributed by atoms with E-state index in [1.165, 1.54) is 10.4 Å². The van der Waals surface area contributed by atoms with Gasteiger partial charge in [-0.15, -0.1) is 11.3 Å². The number of rotatable bonds is 4. The molecule has 1 saturated heterocycles. The van der Waals surface area contributed by atoms with Crippen LogP contribution >= 0.6 is 38.9 Å². The minimum Gasteiger partial charge on any atom is -0.325 e. The SMILES string of the molecule is O=C(Nc1ccc(Br)cc1)[C@@H]1CCCN1S(=O)(=O)c1ccc(Cl)s1. The van der Waals surface area contributed by atoms with E-state index < -0.39 is 16.1 Å². The molecule has 0 aliphatic carbocycles. The third kappa shape index (κ3) is 3.67. The molecule has 1 aliphatic rings. The van der Waals surface area contributed by atoms with Gasteiger partial charge in [0.2, 0.25) is 5.91 Å². The lowest BCUT2D eigenvalue weighted by Gasteiger charge is -2.22. The highest BCUT2D eigenvalue weighted by atomic mass is 79.9. The summed E-state index contributed by atoms with van der Waals surface area (Å²) in [7, 11) is -3.71. The molecule has 1 N–H and O–H groups in total. The first-order valence-electron chi connectivity index (χ1n) is 7.21. The zero-order valence-electron chi connectivity index (χ0n) is 12.4. The van der Waals surface area contributed by atoms with Crippen molar-refractivity contribution < 1.29 is 13.2 Å². The third-order valence-corrected chi connectivity index (χ3v) is 7.87. The molecule has 2 heterocycles. The molecular formula is C15H14BrClN2O3S2. The number of hydrogen-bond donors (Lipinski definition) is 1. The van der Waals surface area contributed by atoms with Gasteiger partial charge in [-0.1, -0.05) is 27.5 Å². The van der Waals surface area contributed by atoms with Crippen LogP contribution in [0.1, 0.15) is 12.8 Å². The molecular weight excluding hydrogens is 436 g/mol. The molecule has 1 aromatic carbocycles. The number of benzene rings is 1. The van der Waals surface area contributed by atoms with Crippen LogP contribution in [0.15, 0.2) is 45.1 Å². The average molecular weight is 450 g/mol. The van der Waals surface area contributed by atoms with Gasteiger partial charge in [0.05, 0.1) is 4.34 Å². The van der Waals surface area contributed by atoms with Gasteiger partial charge < -0.3 is 5.32 Å². The molecule has 1 aromatic heterocycles. The number of anilines is 1. The molecule has 3 rings (SSSR count). The van der Waals surface area contributed by atoms with Gasteiger partial charge in [-0.2, -0.15) is 4.31 Å². The molecule has 2 aromatic rings. The Morgan fingerprint density at radius 1 is 1.25 bits per heavy atom. The molecule has 1 amide bonds. The third-order valence-electron chi connectivity index (χ3n) is 3.73. The summed E-state index contributed by atoms with van der Waals surface area (Å²) in [5.41, 5.74) is 0.631. The second-order valence-corrected chi connectivity index (χ2v) is 10.1. The molecule has 1 fully saturated rings. The number of carbonyl (C=O) groups excluding carboxylic acids is 1. The number of hydrogen-bond acceptors (Lipinski definition) is 4. The van der Waals surface area contributed by atoms with Crippen LogP contribution in [0.4, 0.5) is 5.69 Å². The molecule has 0 bridgehead atoms. The van der Waals surface area contributed by atoms with E-state index in [1.807, 2.05) is 12.1 Å². The van der Waals surface area contributed by atoms with E-state index >= 15 is 0 Å². The lowest BCUT2D eigenvalue weighted by Crippen LogP contribution is -2.42. The van der Waals surface area contributed by atoms with Gasteiger partial charge in [0.1, 0.15) is 10.3 Å². The van der Waals surface area contributed by atoms with Crippen LogP contribution in [-0.2, 0) is 14.8 Å². The molecule has 24 heavy (non-hydrogen) atoms. The summed E-state index contributed by atoms with van der Waals surface area (Å²) in [4.78, 5) is 12.5. The zero-order valence-corrected chi connectivity index (χ0v) is 16.4. The molecule has 9 heteroatoms. The molecule has 1 atom stereocenters. The van der Waals surface area contributed by atoms with Crippen LogP contribution in [-0.4, -0.2) is 31.2 Å². The first-order valence-corrected chi connectivity index (χ1v) is 10.6. The predicted molar refractivity (Wildman–Crippen MR) is 99.0 cm³/mol. The topological polar surface area (TPSA) is 66.5 Å². The molecule has 0 radical (unpaired) electrons. The van der Waals surface area contributed by atoms with Crippen molar-refractivity contribution in [2.75, 3.05) is 11.9 Å². The largest absolute Gasteiger partial charge is 0.325 e. The zero-order chi connectivity index (χ0) is 17.3. The summed E-state index contributed by atoms with van der Waals surface area (Å²) >= 11 is 10.2. The number of halogens is 2. The van der Waals surface area contributed by atoms with E-state index in [0.717, 1.165) is 15.8 Å². The Hall–Kier alpha value is -0.930. The lowest BCUT2D eigenvalue weighted by molar-refractivity contribution is -0.119. The highest BCUT2D eigenvalue weighted by Crippen LogP contribution is 2.32. The maximum Gasteiger partial charge on any atom is 0.253 e. The second kappa shape index (κ2) is 7.13. The average Bonchev–Trinajstić information content (AvgIpc) is 3.19. The second-order valence-electron chi connectivity index (χ2n) is 5.33. The highest BCUT2D eigenvalue weighted by molar-refractivity contribution is 9.10. The van der Waals surface area contributed by atoms with E-state index in [1.54, 1.807) is 18.2 Å². The van der Waals surface area contributed by atoms with Gasteiger partial charge in [0.15, 0.2) is 0 Å². The van der Waals surface area contributed by atoms with Gasteiger partial charge in [-0.25, -0.2) is 8.42 Å². The van der Waals surface area contributed by atoms with Gasteiger partial charge in [0, 0.05) is 16.7 Å². The normalized spacial score (nSPS) is 18.7. The van der Waals surface area contributed by atoms with Crippen LogP contribution in [0.3, 0.4) is 0 Å². The Balaban J connectivity index is 1.80. The van der Waals surface area contributed by atoms with Crippen LogP contribution in [0.25, 0.3) is 0 Å². The monoisotopic (exact) mass is 448 g/mol. The van der Waals surface area contributed by atoms with Gasteiger partial charge in [-0.3, -0.25) is 4.79 Å². The molecule has 128 valence electrons. The number of thiophene rings is 1. The fraction of sp³-hybridized carbons (Fsp3) is 0.267. The van der Waals surface area contributed by atoms with E-state index in [9.17, 15) is 13.2 Å². The summed E-state index contributed by atoms with van der Waals surface area (Å²) in [6.07, 6.45) is 1.15. The summed E-state index contributed by atoms with van der Waals surface area (Å²) in [6, 6.07) is 9.46. The number of nitrogens with one attached hydrogen (secondary N) is 1. The van der Waals surface area contributed by atoms with E-state index in [-0.39, 0.29) is 10.1 Å². The Morgan fingerprint density at radius 2 is 1.96 bits per heavy atom. The van der Waals surface area contributed by atoms with E-state index in [4.69, 9.17) is 11.6 Å². The first-order chi connectivity index (χ1) is 11.4. The van der Waals surface area contributed by atoms with Gasteiger partial charge in [0.25, 0.3) is 10.0 Å². The molecule has 5 nitrogen and oxygen atoms in total. The summed E-state index contributed by atoms with van der Waals surface area (Å²) < 4.78 is 28.2. The minimum absolute atomic E-state index is 0.163. The summed E-state index contributed by atoms with van der Waals surface area (Å²) in [5.74, 6) is -0.318. The Kier molecular flexibility index (Phi) is 5.31. The molecule has 0 unspecified atom stereocenters. The fourth-order valence-electron chi connectivity index (χ4n) is 2.60. The van der Waals surface area contributed by atoms with Crippen LogP contribution in [0.2, 0.25) is 4.34 Å². The smallest absolute Gasteiger partial charge is 0.253 e. The Morgan fingerprint density at radius 3 is 2.58 bits per heavy atom. The minimum atomic E-state index is -3.71. The van der Waals surface area contributed by atoms with Gasteiger partial charge >= 0.3 is 0 Å². The van der Waals surface area contributed by atoms with Crippen molar-refractivity contribution in [2.45, 2.75) is 23.1 Å². The van der Waals surface area contributed by atoms with Crippen molar-refractivity contribution in [3.8, 4) is 0 Å². The number of amides is 1. The summed E-state index contributed by atoms with van der Waals surface area (Å²) in [5, 5.41) is 2.78. The Bertz CT molecular complexity index is 852. The van der Waals surface area contributed by atoms with Crippen molar-refractivity contribution in [3.63, 3.8) is 0 Å². The standard InChI is InChI=1S/C15H14BrClN2O3S2/c16-10-3-5-11(6-4-10)18-15(20)12-2-1-9-19(12)24(21,22)14-8-7-13(17)23-14/h3-8,12H,1-2,9H2,(H,18,20)/t12-/m0/s1. The maximum atomic E-state index is 12.8. The van der Waals surface area contributed by atoms with Crippen molar-refractivity contribution in [1.29, 1.82) is 0 Å². The van der Waals surface area contributed by atoms with Crippen LogP contribution in [0.5, 0.6) is 0 Å². The van der Waals surface area contributed by atoms with E-state index in [0.29, 0.717) is 29.4 Å². The van der Waals surface area contributed by atoms with Crippen molar-refractivity contribution in [2.24, 2.45) is 0 Å². The van der Waals surface area contributed by atoms with Crippen molar-refractivity contribution in [3.05, 3.63) is 45.2 Å². The fourth-order valence-corrected chi connectivity index (χ4v) is 6.13. The van der Waals surface area contributed by atoms with Crippen LogP contribution < -0.4 is 5.32 Å².